The largest absolute Gasteiger partial charge is 0.494 e. The molecule has 0 bridgehead atoms. The molecule has 0 spiro atoms. The summed E-state index contributed by atoms with van der Waals surface area (Å²) >= 11 is 0. The number of benzene rings is 1. The summed E-state index contributed by atoms with van der Waals surface area (Å²) in [6, 6.07) is 2.93. The number of hydrogen-bond acceptors (Lipinski definition) is 3. The maximum Gasteiger partial charge on any atom is 0.256 e. The Bertz CT molecular complexity index is 588. The van der Waals surface area contributed by atoms with Crippen molar-refractivity contribution in [2.45, 2.75) is 31.7 Å². The highest BCUT2D eigenvalue weighted by Gasteiger charge is 2.33. The van der Waals surface area contributed by atoms with E-state index in [1.807, 2.05) is 0 Å². The molecule has 1 aromatic rings. The molecule has 23 heavy (non-hydrogen) atoms. The lowest BCUT2D eigenvalue weighted by molar-refractivity contribution is 0.0765. The summed E-state index contributed by atoms with van der Waals surface area (Å²) in [5.74, 6) is -2.86. The second-order valence-electron chi connectivity index (χ2n) is 6.23. The summed E-state index contributed by atoms with van der Waals surface area (Å²) < 4.78 is 32.6. The molecule has 6 heteroatoms. The molecule has 4 nitrogen and oxygen atoms in total. The van der Waals surface area contributed by atoms with E-state index in [1.165, 1.54) is 38.5 Å². The maximum atomic E-state index is 14.1. The van der Waals surface area contributed by atoms with Crippen LogP contribution in [0.25, 0.3) is 0 Å². The first-order chi connectivity index (χ1) is 11.1. The number of methoxy groups -OCH3 is 1. The van der Waals surface area contributed by atoms with E-state index in [0.717, 1.165) is 19.5 Å². The quantitative estimate of drug-likeness (QED) is 0.857. The van der Waals surface area contributed by atoms with Crippen LogP contribution < -0.4 is 4.74 Å². The standard InChI is InChI=1S/C17H22F2N2O2/c1-23-14-6-5-13(15(18)16(14)19)17(22)21-10-7-12(11-21)20-8-3-2-4-9-20/h5-6,12H,2-4,7-11H2,1H3/t12-/m0/s1. The number of likely N-dealkylation sites (tertiary alicyclic amines) is 2. The molecule has 2 aliphatic heterocycles. The van der Waals surface area contributed by atoms with Gasteiger partial charge in [-0.05, 0) is 44.5 Å². The predicted octanol–water partition coefficient (Wildman–Crippen LogP) is 2.67. The summed E-state index contributed by atoms with van der Waals surface area (Å²) in [7, 11) is 1.27. The Morgan fingerprint density at radius 1 is 1.13 bits per heavy atom. The molecule has 1 amide bonds. The smallest absolute Gasteiger partial charge is 0.256 e. The average Bonchev–Trinajstić information content (AvgIpc) is 3.07. The molecule has 126 valence electrons. The lowest BCUT2D eigenvalue weighted by atomic mass is 10.1. The van der Waals surface area contributed by atoms with E-state index in [-0.39, 0.29) is 11.3 Å². The van der Waals surface area contributed by atoms with E-state index < -0.39 is 17.5 Å². The normalized spacial score (nSPS) is 22.4. The van der Waals surface area contributed by atoms with Gasteiger partial charge >= 0.3 is 0 Å². The van der Waals surface area contributed by atoms with Gasteiger partial charge in [0.05, 0.1) is 12.7 Å². The molecule has 2 fully saturated rings. The summed E-state index contributed by atoms with van der Waals surface area (Å²) in [4.78, 5) is 16.6. The van der Waals surface area contributed by atoms with Crippen molar-refractivity contribution in [1.29, 1.82) is 0 Å². The number of carbonyl (C=O) groups is 1. The van der Waals surface area contributed by atoms with Crippen LogP contribution in [0.1, 0.15) is 36.0 Å². The molecule has 1 aromatic carbocycles. The topological polar surface area (TPSA) is 32.8 Å². The van der Waals surface area contributed by atoms with E-state index in [2.05, 4.69) is 4.90 Å². The fraction of sp³-hybridized carbons (Fsp3) is 0.588. The second-order valence-corrected chi connectivity index (χ2v) is 6.23. The Morgan fingerprint density at radius 2 is 1.87 bits per heavy atom. The van der Waals surface area contributed by atoms with Crippen LogP contribution in [-0.2, 0) is 0 Å². The summed E-state index contributed by atoms with van der Waals surface area (Å²) in [5.41, 5.74) is -0.220. The van der Waals surface area contributed by atoms with Gasteiger partial charge in [-0.2, -0.15) is 4.39 Å². The monoisotopic (exact) mass is 324 g/mol. The molecule has 0 unspecified atom stereocenters. The molecule has 2 aliphatic rings. The molecular formula is C17H22F2N2O2. The summed E-state index contributed by atoms with van der Waals surface area (Å²) in [6.07, 6.45) is 4.56. The van der Waals surface area contributed by atoms with Gasteiger partial charge in [-0.15, -0.1) is 0 Å². The van der Waals surface area contributed by atoms with Crippen LogP contribution in [0.4, 0.5) is 8.78 Å². The van der Waals surface area contributed by atoms with E-state index >= 15 is 0 Å². The highest BCUT2D eigenvalue weighted by Crippen LogP contribution is 2.26. The first kappa shape index (κ1) is 16.2. The lowest BCUT2D eigenvalue weighted by Gasteiger charge is -2.32. The molecule has 0 N–H and O–H groups in total. The predicted molar refractivity (Wildman–Crippen MR) is 82.6 cm³/mol. The Kier molecular flexibility index (Phi) is 4.80. The van der Waals surface area contributed by atoms with Crippen molar-refractivity contribution in [1.82, 2.24) is 9.80 Å². The minimum atomic E-state index is -1.13. The molecule has 2 saturated heterocycles. The first-order valence-electron chi connectivity index (χ1n) is 8.17. The lowest BCUT2D eigenvalue weighted by Crippen LogP contribution is -2.41. The van der Waals surface area contributed by atoms with Gasteiger partial charge in [0.15, 0.2) is 11.6 Å². The molecular weight excluding hydrogens is 302 g/mol. The second kappa shape index (κ2) is 6.83. The number of hydrogen-bond donors (Lipinski definition) is 0. The number of nitrogens with zero attached hydrogens (tertiary/aromatic N) is 2. The van der Waals surface area contributed by atoms with Crippen LogP contribution in [0.3, 0.4) is 0 Å². The highest BCUT2D eigenvalue weighted by atomic mass is 19.2. The van der Waals surface area contributed by atoms with Crippen LogP contribution >= 0.6 is 0 Å². The van der Waals surface area contributed by atoms with Crippen molar-refractivity contribution in [3.05, 3.63) is 29.3 Å². The molecule has 0 radical (unpaired) electrons. The van der Waals surface area contributed by atoms with Crippen molar-refractivity contribution >= 4 is 5.91 Å². The van der Waals surface area contributed by atoms with Gasteiger partial charge in [-0.3, -0.25) is 9.69 Å². The Hall–Kier alpha value is -1.69. The van der Waals surface area contributed by atoms with Gasteiger partial charge in [0.25, 0.3) is 5.91 Å². The van der Waals surface area contributed by atoms with Crippen LogP contribution in [-0.4, -0.2) is 55.0 Å². The molecule has 0 aliphatic carbocycles. The third kappa shape index (κ3) is 3.17. The fourth-order valence-corrected chi connectivity index (χ4v) is 3.53. The van der Waals surface area contributed by atoms with Crippen molar-refractivity contribution < 1.29 is 18.3 Å². The SMILES string of the molecule is COc1ccc(C(=O)N2CC[C@H](N3CCCCC3)C2)c(F)c1F. The van der Waals surface area contributed by atoms with Crippen LogP contribution in [0.5, 0.6) is 5.75 Å². The van der Waals surface area contributed by atoms with E-state index in [9.17, 15) is 13.6 Å². The molecule has 1 atom stereocenters. The van der Waals surface area contributed by atoms with Crippen molar-refractivity contribution in [3.63, 3.8) is 0 Å². The van der Waals surface area contributed by atoms with Gasteiger partial charge in [0, 0.05) is 19.1 Å². The minimum absolute atomic E-state index is 0.188. The number of amides is 1. The molecule has 0 aromatic heterocycles. The first-order valence-corrected chi connectivity index (χ1v) is 8.17. The van der Waals surface area contributed by atoms with Gasteiger partial charge in [0.2, 0.25) is 5.82 Å². The third-order valence-corrected chi connectivity index (χ3v) is 4.85. The zero-order chi connectivity index (χ0) is 16.4. The van der Waals surface area contributed by atoms with E-state index in [4.69, 9.17) is 4.74 Å². The van der Waals surface area contributed by atoms with E-state index in [0.29, 0.717) is 19.1 Å². The Labute approximate surface area is 135 Å². The van der Waals surface area contributed by atoms with Crippen molar-refractivity contribution in [3.8, 4) is 5.75 Å². The van der Waals surface area contributed by atoms with Gasteiger partial charge < -0.3 is 9.64 Å². The van der Waals surface area contributed by atoms with Gasteiger partial charge in [-0.1, -0.05) is 6.42 Å². The van der Waals surface area contributed by atoms with Gasteiger partial charge in [-0.25, -0.2) is 4.39 Å². The number of ether oxygens (including phenoxy) is 1. The number of halogens is 2. The average molecular weight is 324 g/mol. The molecule has 3 rings (SSSR count). The van der Waals surface area contributed by atoms with Crippen molar-refractivity contribution in [2.24, 2.45) is 0 Å². The van der Waals surface area contributed by atoms with Crippen LogP contribution in [0.15, 0.2) is 12.1 Å². The van der Waals surface area contributed by atoms with Crippen LogP contribution in [0, 0.1) is 11.6 Å². The number of rotatable bonds is 3. The fourth-order valence-electron chi connectivity index (χ4n) is 3.53. The number of carbonyl (C=O) groups excluding carboxylic acids is 1. The van der Waals surface area contributed by atoms with E-state index in [1.54, 1.807) is 4.90 Å². The minimum Gasteiger partial charge on any atom is -0.494 e. The number of piperidine rings is 1. The Morgan fingerprint density at radius 3 is 2.57 bits per heavy atom. The summed E-state index contributed by atoms with van der Waals surface area (Å²) in [6.45, 7) is 3.31. The zero-order valence-corrected chi connectivity index (χ0v) is 13.4. The molecule has 2 heterocycles. The third-order valence-electron chi connectivity index (χ3n) is 4.85. The maximum absolute atomic E-state index is 14.1. The summed E-state index contributed by atoms with van der Waals surface area (Å²) in [5, 5.41) is 0. The van der Waals surface area contributed by atoms with Crippen LogP contribution in [0.2, 0.25) is 0 Å². The molecule has 0 saturated carbocycles. The zero-order valence-electron chi connectivity index (χ0n) is 13.4. The highest BCUT2D eigenvalue weighted by molar-refractivity contribution is 5.95. The van der Waals surface area contributed by atoms with Gasteiger partial charge in [0.1, 0.15) is 0 Å². The van der Waals surface area contributed by atoms with Crippen molar-refractivity contribution in [2.75, 3.05) is 33.3 Å². The Balaban J connectivity index is 1.70.